The fraction of sp³-hybridized carbons (Fsp3) is 0.154. The van der Waals surface area contributed by atoms with Crippen molar-refractivity contribution in [3.63, 3.8) is 0 Å². The maximum absolute atomic E-state index is 11.3. The molecule has 1 aliphatic rings. The first-order valence-electron chi connectivity index (χ1n) is 10.2. The van der Waals surface area contributed by atoms with E-state index in [1.54, 1.807) is 0 Å². The lowest BCUT2D eigenvalue weighted by Crippen LogP contribution is -2.06. The molecule has 0 saturated carbocycles. The van der Waals surface area contributed by atoms with Crippen LogP contribution in [0, 0.1) is 0 Å². The molecule has 0 atom stereocenters. The highest BCUT2D eigenvalue weighted by Gasteiger charge is 2.25. The van der Waals surface area contributed by atoms with Gasteiger partial charge < -0.3 is 9.88 Å². The van der Waals surface area contributed by atoms with Crippen LogP contribution in [0.1, 0.15) is 29.3 Å². The highest BCUT2D eigenvalue weighted by Crippen LogP contribution is 2.34. The molecule has 0 radical (unpaired) electrons. The molecule has 0 fully saturated rings. The van der Waals surface area contributed by atoms with E-state index in [4.69, 9.17) is 4.99 Å². The number of para-hydroxylation sites is 1. The average molecular weight is 393 g/mol. The number of fused-ring (bicyclic) bond motifs is 4. The lowest BCUT2D eigenvalue weighted by Gasteiger charge is -2.10. The first-order chi connectivity index (χ1) is 14.6. The molecule has 0 aliphatic heterocycles. The number of hydrogen-bond donors (Lipinski definition) is 1. The third kappa shape index (κ3) is 3.11. The van der Waals surface area contributed by atoms with E-state index in [0.29, 0.717) is 0 Å². The van der Waals surface area contributed by atoms with Gasteiger partial charge in [0, 0.05) is 47.4 Å². The molecule has 4 heteroatoms. The van der Waals surface area contributed by atoms with Crippen molar-refractivity contribution in [2.75, 3.05) is 5.32 Å². The number of benzene rings is 3. The summed E-state index contributed by atoms with van der Waals surface area (Å²) < 4.78 is 2.31. The summed E-state index contributed by atoms with van der Waals surface area (Å²) in [5.41, 5.74) is 8.96. The fourth-order valence-corrected chi connectivity index (χ4v) is 4.43. The van der Waals surface area contributed by atoms with E-state index in [0.717, 1.165) is 29.9 Å². The molecule has 0 unspecified atom stereocenters. The van der Waals surface area contributed by atoms with Crippen LogP contribution in [-0.2, 0) is 24.7 Å². The number of hydrogen-bond acceptors (Lipinski definition) is 2. The number of anilines is 1. The molecule has 30 heavy (non-hydrogen) atoms. The Balaban J connectivity index is 1.73. The van der Waals surface area contributed by atoms with Crippen LogP contribution in [0.5, 0.6) is 0 Å². The lowest BCUT2D eigenvalue weighted by atomic mass is 9.97. The molecule has 148 valence electrons. The molecule has 1 heterocycles. The van der Waals surface area contributed by atoms with Gasteiger partial charge in [0.25, 0.3) is 0 Å². The zero-order chi connectivity index (χ0) is 20.7. The van der Waals surface area contributed by atoms with Crippen molar-refractivity contribution in [3.05, 3.63) is 95.2 Å². The van der Waals surface area contributed by atoms with Crippen LogP contribution in [0.3, 0.4) is 0 Å². The normalized spacial score (nSPS) is 14.3. The van der Waals surface area contributed by atoms with E-state index in [1.807, 2.05) is 24.3 Å². The Morgan fingerprint density at radius 3 is 2.47 bits per heavy atom. The van der Waals surface area contributed by atoms with Crippen molar-refractivity contribution < 1.29 is 4.79 Å². The summed E-state index contributed by atoms with van der Waals surface area (Å²) in [6.07, 6.45) is 1.98. The highest BCUT2D eigenvalue weighted by molar-refractivity contribution is 6.22. The van der Waals surface area contributed by atoms with E-state index in [2.05, 4.69) is 65.5 Å². The number of aryl methyl sites for hydroxylation is 2. The van der Waals surface area contributed by atoms with Gasteiger partial charge in [-0.3, -0.25) is 4.79 Å². The van der Waals surface area contributed by atoms with Crippen molar-refractivity contribution in [2.24, 2.45) is 12.0 Å². The molecule has 3 aromatic carbocycles. The lowest BCUT2D eigenvalue weighted by molar-refractivity contribution is -0.114. The number of carbonyl (C=O) groups is 1. The number of amides is 1. The fourth-order valence-electron chi connectivity index (χ4n) is 4.43. The Hall–Kier alpha value is -3.66. The standard InChI is InChI=1S/C26H23N3O/c1-17(30)27-19-12-14-20(15-13-19)28-26-21-8-4-3-7-18(21)11-16-24-25(26)22-9-5-6-10-23(22)29(24)2/h3-10,12-15H,11,16H2,1-2H3,(H,27,30). The molecule has 0 spiro atoms. The number of nitrogens with zero attached hydrogens (tertiary/aromatic N) is 2. The Bertz CT molecular complexity index is 1300. The Morgan fingerprint density at radius 1 is 0.933 bits per heavy atom. The number of carbonyl (C=O) groups excluding carboxylic acids is 1. The average Bonchev–Trinajstić information content (AvgIpc) is 2.93. The van der Waals surface area contributed by atoms with Crippen molar-refractivity contribution in [1.29, 1.82) is 0 Å². The minimum atomic E-state index is -0.0767. The van der Waals surface area contributed by atoms with Gasteiger partial charge in [-0.2, -0.15) is 0 Å². The van der Waals surface area contributed by atoms with Crippen molar-refractivity contribution in [2.45, 2.75) is 19.8 Å². The molecule has 0 bridgehead atoms. The van der Waals surface area contributed by atoms with E-state index < -0.39 is 0 Å². The smallest absolute Gasteiger partial charge is 0.221 e. The minimum Gasteiger partial charge on any atom is -0.347 e. The molecule has 1 amide bonds. The van der Waals surface area contributed by atoms with Gasteiger partial charge in [-0.25, -0.2) is 4.99 Å². The largest absolute Gasteiger partial charge is 0.347 e. The summed E-state index contributed by atoms with van der Waals surface area (Å²) in [5.74, 6) is -0.0767. The van der Waals surface area contributed by atoms with Gasteiger partial charge in [0.15, 0.2) is 0 Å². The number of aliphatic imine (C=N–C) groups is 1. The van der Waals surface area contributed by atoms with Gasteiger partial charge in [-0.05, 0) is 48.7 Å². The summed E-state index contributed by atoms with van der Waals surface area (Å²) in [5, 5.41) is 4.05. The van der Waals surface area contributed by atoms with Crippen LogP contribution in [0.25, 0.3) is 10.9 Å². The van der Waals surface area contributed by atoms with Crippen LogP contribution in [0.15, 0.2) is 77.8 Å². The minimum absolute atomic E-state index is 0.0767. The summed E-state index contributed by atoms with van der Waals surface area (Å²) in [6, 6.07) is 24.8. The Labute approximate surface area is 175 Å². The second-order valence-electron chi connectivity index (χ2n) is 7.74. The van der Waals surface area contributed by atoms with Gasteiger partial charge in [0.2, 0.25) is 5.91 Å². The van der Waals surface area contributed by atoms with Gasteiger partial charge >= 0.3 is 0 Å². The molecule has 1 aliphatic carbocycles. The maximum Gasteiger partial charge on any atom is 0.221 e. The van der Waals surface area contributed by atoms with Crippen LogP contribution in [-0.4, -0.2) is 16.2 Å². The number of aromatic nitrogens is 1. The summed E-state index contributed by atoms with van der Waals surface area (Å²) in [6.45, 7) is 1.51. The van der Waals surface area contributed by atoms with Crippen molar-refractivity contribution in [1.82, 2.24) is 4.57 Å². The number of rotatable bonds is 2. The van der Waals surface area contributed by atoms with Crippen molar-refractivity contribution in [3.8, 4) is 0 Å². The van der Waals surface area contributed by atoms with E-state index in [9.17, 15) is 4.79 Å². The number of nitrogens with one attached hydrogen (secondary N) is 1. The monoisotopic (exact) mass is 393 g/mol. The highest BCUT2D eigenvalue weighted by atomic mass is 16.1. The summed E-state index contributed by atoms with van der Waals surface area (Å²) in [4.78, 5) is 16.4. The predicted molar refractivity (Wildman–Crippen MR) is 123 cm³/mol. The maximum atomic E-state index is 11.3. The quantitative estimate of drug-likeness (QED) is 0.487. The van der Waals surface area contributed by atoms with Gasteiger partial charge in [0.1, 0.15) is 0 Å². The SMILES string of the molecule is CC(=O)Nc1ccc(N=C2c3ccccc3CCc3c2c2ccccc2n3C)cc1. The van der Waals surface area contributed by atoms with Crippen LogP contribution in [0.4, 0.5) is 11.4 Å². The van der Waals surface area contributed by atoms with Crippen LogP contribution < -0.4 is 5.32 Å². The zero-order valence-electron chi connectivity index (χ0n) is 17.1. The Kier molecular flexibility index (Phi) is 4.47. The molecule has 4 nitrogen and oxygen atoms in total. The molecule has 5 rings (SSSR count). The van der Waals surface area contributed by atoms with Crippen molar-refractivity contribution >= 4 is 33.9 Å². The van der Waals surface area contributed by atoms with Gasteiger partial charge in [-0.1, -0.05) is 42.5 Å². The van der Waals surface area contributed by atoms with Gasteiger partial charge in [0.05, 0.1) is 11.4 Å². The Morgan fingerprint density at radius 2 is 1.67 bits per heavy atom. The second-order valence-corrected chi connectivity index (χ2v) is 7.74. The molecular formula is C26H23N3O. The first kappa shape index (κ1) is 18.4. The molecule has 1 aromatic heterocycles. The molecule has 1 N–H and O–H groups in total. The third-order valence-electron chi connectivity index (χ3n) is 5.80. The summed E-state index contributed by atoms with van der Waals surface area (Å²) >= 11 is 0. The van der Waals surface area contributed by atoms with Gasteiger partial charge in [-0.15, -0.1) is 0 Å². The molecular weight excluding hydrogens is 370 g/mol. The van der Waals surface area contributed by atoms with E-state index in [-0.39, 0.29) is 5.91 Å². The van der Waals surface area contributed by atoms with E-state index in [1.165, 1.54) is 40.2 Å². The first-order valence-corrected chi connectivity index (χ1v) is 10.2. The van der Waals surface area contributed by atoms with E-state index >= 15 is 0 Å². The zero-order valence-corrected chi connectivity index (χ0v) is 17.1. The predicted octanol–water partition coefficient (Wildman–Crippen LogP) is 5.40. The summed E-state index contributed by atoms with van der Waals surface area (Å²) in [7, 11) is 2.15. The third-order valence-corrected chi connectivity index (χ3v) is 5.80. The molecule has 0 saturated heterocycles. The molecule has 4 aromatic rings. The second kappa shape index (κ2) is 7.30. The van der Waals surface area contributed by atoms with Crippen LogP contribution in [0.2, 0.25) is 0 Å². The topological polar surface area (TPSA) is 46.4 Å². The van der Waals surface area contributed by atoms with Crippen LogP contribution >= 0.6 is 0 Å².